The summed E-state index contributed by atoms with van der Waals surface area (Å²) < 4.78 is 5.86. The molecule has 3 aromatic rings. The first-order valence-electron chi connectivity index (χ1n) is 11.7. The molecule has 2 aromatic carbocycles. The van der Waals surface area contributed by atoms with E-state index in [1.807, 2.05) is 59.5 Å². The van der Waals surface area contributed by atoms with E-state index in [0.29, 0.717) is 34.5 Å². The van der Waals surface area contributed by atoms with Gasteiger partial charge in [0.1, 0.15) is 29.5 Å². The van der Waals surface area contributed by atoms with Gasteiger partial charge in [-0.25, -0.2) is 9.97 Å². The smallest absolute Gasteiger partial charge is 0.245 e. The summed E-state index contributed by atoms with van der Waals surface area (Å²) in [6, 6.07) is 17.1. The van der Waals surface area contributed by atoms with Crippen molar-refractivity contribution in [1.82, 2.24) is 14.9 Å². The SMILES string of the molecule is C=CC(=O)N1CC2CC(Nc3ncnc(N)c3C(=N)c3ccc(Oc4ccccc4)cc3)CC2C1. The second-order valence-corrected chi connectivity index (χ2v) is 9.08. The quantitative estimate of drug-likeness (QED) is 0.355. The molecular formula is C27H28N6O2. The number of nitrogens with two attached hydrogens (primary N) is 1. The molecule has 2 unspecified atom stereocenters. The zero-order chi connectivity index (χ0) is 24.4. The van der Waals surface area contributed by atoms with Crippen LogP contribution in [0.5, 0.6) is 11.5 Å². The lowest BCUT2D eigenvalue weighted by Crippen LogP contribution is -2.30. The van der Waals surface area contributed by atoms with Crippen molar-refractivity contribution in [3.8, 4) is 11.5 Å². The summed E-state index contributed by atoms with van der Waals surface area (Å²) in [6.45, 7) is 5.12. The van der Waals surface area contributed by atoms with Crippen LogP contribution in [0.2, 0.25) is 0 Å². The molecule has 1 aromatic heterocycles. The highest BCUT2D eigenvalue weighted by atomic mass is 16.5. The third-order valence-corrected chi connectivity index (χ3v) is 6.83. The van der Waals surface area contributed by atoms with E-state index in [-0.39, 0.29) is 23.5 Å². The van der Waals surface area contributed by atoms with Crippen molar-refractivity contribution in [2.75, 3.05) is 24.1 Å². The van der Waals surface area contributed by atoms with E-state index < -0.39 is 0 Å². The molecule has 1 saturated heterocycles. The fourth-order valence-corrected chi connectivity index (χ4v) is 5.13. The number of fused-ring (bicyclic) bond motifs is 1. The minimum absolute atomic E-state index is 0.00315. The Balaban J connectivity index is 1.29. The number of para-hydroxylation sites is 1. The molecular weight excluding hydrogens is 440 g/mol. The van der Waals surface area contributed by atoms with Crippen LogP contribution in [-0.2, 0) is 4.79 Å². The molecule has 2 heterocycles. The van der Waals surface area contributed by atoms with Gasteiger partial charge in [-0.3, -0.25) is 10.2 Å². The summed E-state index contributed by atoms with van der Waals surface area (Å²) in [4.78, 5) is 22.4. The van der Waals surface area contributed by atoms with Crippen molar-refractivity contribution in [2.24, 2.45) is 11.8 Å². The van der Waals surface area contributed by atoms with Gasteiger partial charge in [-0.05, 0) is 67.2 Å². The van der Waals surface area contributed by atoms with Crippen molar-refractivity contribution in [3.05, 3.63) is 84.7 Å². The molecule has 2 fully saturated rings. The van der Waals surface area contributed by atoms with Gasteiger partial charge in [0, 0.05) is 24.7 Å². The summed E-state index contributed by atoms with van der Waals surface area (Å²) in [5.74, 6) is 3.18. The van der Waals surface area contributed by atoms with Gasteiger partial charge in [-0.1, -0.05) is 24.8 Å². The number of benzene rings is 2. The second-order valence-electron chi connectivity index (χ2n) is 9.08. The lowest BCUT2D eigenvalue weighted by Gasteiger charge is -2.20. The van der Waals surface area contributed by atoms with Crippen LogP contribution in [0.25, 0.3) is 0 Å². The maximum absolute atomic E-state index is 12.0. The minimum Gasteiger partial charge on any atom is -0.457 e. The molecule has 0 spiro atoms. The van der Waals surface area contributed by atoms with Crippen molar-refractivity contribution in [1.29, 1.82) is 5.41 Å². The van der Waals surface area contributed by atoms with E-state index in [1.54, 1.807) is 0 Å². The van der Waals surface area contributed by atoms with Gasteiger partial charge in [-0.15, -0.1) is 0 Å². The molecule has 1 saturated carbocycles. The number of anilines is 2. The largest absolute Gasteiger partial charge is 0.457 e. The predicted octanol–water partition coefficient (Wildman–Crippen LogP) is 4.10. The van der Waals surface area contributed by atoms with Gasteiger partial charge in [0.15, 0.2) is 0 Å². The van der Waals surface area contributed by atoms with E-state index in [1.165, 1.54) is 12.4 Å². The highest BCUT2D eigenvalue weighted by Crippen LogP contribution is 2.39. The molecule has 5 rings (SSSR count). The summed E-state index contributed by atoms with van der Waals surface area (Å²) in [5, 5.41) is 12.4. The third-order valence-electron chi connectivity index (χ3n) is 6.83. The molecule has 2 atom stereocenters. The van der Waals surface area contributed by atoms with Gasteiger partial charge < -0.3 is 20.7 Å². The molecule has 1 amide bonds. The van der Waals surface area contributed by atoms with Crippen LogP contribution >= 0.6 is 0 Å². The van der Waals surface area contributed by atoms with Gasteiger partial charge in [0.05, 0.1) is 11.3 Å². The summed E-state index contributed by atoms with van der Waals surface area (Å²) in [7, 11) is 0. The maximum Gasteiger partial charge on any atom is 0.245 e. The van der Waals surface area contributed by atoms with Crippen LogP contribution in [-0.4, -0.2) is 45.6 Å². The monoisotopic (exact) mass is 468 g/mol. The number of ether oxygens (including phenoxy) is 1. The Kier molecular flexibility index (Phi) is 6.18. The van der Waals surface area contributed by atoms with Crippen LogP contribution in [0.4, 0.5) is 11.6 Å². The number of nitrogen functional groups attached to an aromatic ring is 1. The average Bonchev–Trinajstić information content (AvgIpc) is 3.43. The lowest BCUT2D eigenvalue weighted by molar-refractivity contribution is -0.125. The first kappa shape index (κ1) is 22.6. The van der Waals surface area contributed by atoms with Crippen LogP contribution in [0, 0.1) is 17.2 Å². The number of carbonyl (C=O) groups is 1. The van der Waals surface area contributed by atoms with Gasteiger partial charge in [0.25, 0.3) is 0 Å². The molecule has 1 aliphatic heterocycles. The molecule has 8 heteroatoms. The van der Waals surface area contributed by atoms with Crippen LogP contribution in [0.1, 0.15) is 24.0 Å². The molecule has 35 heavy (non-hydrogen) atoms. The van der Waals surface area contributed by atoms with Gasteiger partial charge >= 0.3 is 0 Å². The topological polar surface area (TPSA) is 117 Å². The molecule has 178 valence electrons. The predicted molar refractivity (Wildman–Crippen MR) is 136 cm³/mol. The van der Waals surface area contributed by atoms with Crippen molar-refractivity contribution < 1.29 is 9.53 Å². The number of amides is 1. The van der Waals surface area contributed by atoms with Crippen molar-refractivity contribution >= 4 is 23.3 Å². The normalized spacial score (nSPS) is 20.8. The van der Waals surface area contributed by atoms with Gasteiger partial charge in [-0.2, -0.15) is 0 Å². The summed E-state index contributed by atoms with van der Waals surface area (Å²) in [5.41, 5.74) is 7.64. The Morgan fingerprint density at radius 2 is 1.71 bits per heavy atom. The Hall–Kier alpha value is -4.20. The van der Waals surface area contributed by atoms with E-state index in [2.05, 4.69) is 21.9 Å². The van der Waals surface area contributed by atoms with E-state index in [9.17, 15) is 4.79 Å². The number of hydrogen-bond donors (Lipinski definition) is 3. The molecule has 4 N–H and O–H groups in total. The zero-order valence-corrected chi connectivity index (χ0v) is 19.4. The highest BCUT2D eigenvalue weighted by molar-refractivity contribution is 6.16. The Labute approximate surface area is 204 Å². The fourth-order valence-electron chi connectivity index (χ4n) is 5.13. The standard InChI is InChI=1S/C27H28N6O2/c1-2-23(34)33-14-18-12-20(13-19(18)15-33)32-27-24(26(29)30-16-31-27)25(28)17-8-10-22(11-9-17)35-21-6-4-3-5-7-21/h2-11,16,18-20,28H,1,12-15H2,(H3,29,30,31,32). The minimum atomic E-state index is 0.00315. The molecule has 1 aliphatic carbocycles. The van der Waals surface area contributed by atoms with Crippen molar-refractivity contribution in [3.63, 3.8) is 0 Å². The number of likely N-dealkylation sites (tertiary alicyclic amines) is 1. The molecule has 2 aliphatic rings. The molecule has 8 nitrogen and oxygen atoms in total. The molecule has 0 bridgehead atoms. The van der Waals surface area contributed by atoms with E-state index in [4.69, 9.17) is 15.9 Å². The van der Waals surface area contributed by atoms with E-state index in [0.717, 1.165) is 31.7 Å². The number of nitrogens with one attached hydrogen (secondary N) is 2. The maximum atomic E-state index is 12.0. The van der Waals surface area contributed by atoms with E-state index >= 15 is 0 Å². The van der Waals surface area contributed by atoms with Crippen LogP contribution < -0.4 is 15.8 Å². The summed E-state index contributed by atoms with van der Waals surface area (Å²) in [6.07, 6.45) is 4.69. The Bertz CT molecular complexity index is 1230. The number of carbonyl (C=O) groups excluding carboxylic acids is 1. The summed E-state index contributed by atoms with van der Waals surface area (Å²) >= 11 is 0. The van der Waals surface area contributed by atoms with Gasteiger partial charge in [0.2, 0.25) is 5.91 Å². The fraction of sp³-hybridized carbons (Fsp3) is 0.259. The van der Waals surface area contributed by atoms with Crippen LogP contribution in [0.3, 0.4) is 0 Å². The number of rotatable bonds is 7. The second kappa shape index (κ2) is 9.58. The highest BCUT2D eigenvalue weighted by Gasteiger charge is 2.42. The molecule has 0 radical (unpaired) electrons. The Morgan fingerprint density at radius 3 is 2.37 bits per heavy atom. The number of nitrogens with zero attached hydrogens (tertiary/aromatic N) is 3. The lowest BCUT2D eigenvalue weighted by atomic mass is 10.0. The number of aromatic nitrogens is 2. The first-order valence-corrected chi connectivity index (χ1v) is 11.7. The first-order chi connectivity index (χ1) is 17.0. The van der Waals surface area contributed by atoms with Crippen molar-refractivity contribution in [2.45, 2.75) is 18.9 Å². The average molecular weight is 469 g/mol. The third kappa shape index (κ3) is 4.73. The zero-order valence-electron chi connectivity index (χ0n) is 19.4. The van der Waals surface area contributed by atoms with Crippen LogP contribution in [0.15, 0.2) is 73.6 Å². The Morgan fingerprint density at radius 1 is 1.06 bits per heavy atom. The number of hydrogen-bond acceptors (Lipinski definition) is 7.